The Morgan fingerprint density at radius 3 is 2.68 bits per heavy atom. The van der Waals surface area contributed by atoms with E-state index in [1.807, 2.05) is 12.3 Å². The number of hydrogen-bond donors (Lipinski definition) is 0. The molecule has 2 saturated heterocycles. The van der Waals surface area contributed by atoms with Crippen LogP contribution in [0.1, 0.15) is 17.7 Å². The van der Waals surface area contributed by atoms with Crippen molar-refractivity contribution in [2.24, 2.45) is 5.41 Å². The van der Waals surface area contributed by atoms with E-state index in [2.05, 4.69) is 52.3 Å². The van der Waals surface area contributed by atoms with Crippen LogP contribution in [0, 0.1) is 5.41 Å². The van der Waals surface area contributed by atoms with Crippen molar-refractivity contribution >= 4 is 0 Å². The van der Waals surface area contributed by atoms with Crippen LogP contribution < -0.4 is 0 Å². The SMILES string of the molecule is c1ccc(CC2CC3(CO2)CN(Cc2ccccn2)C3)cc1. The highest BCUT2D eigenvalue weighted by Gasteiger charge is 2.48. The quantitative estimate of drug-likeness (QED) is 0.867. The smallest absolute Gasteiger partial charge is 0.0622 e. The predicted octanol–water partition coefficient (Wildman–Crippen LogP) is 2.92. The Kier molecular flexibility index (Phi) is 3.68. The Hall–Kier alpha value is -1.71. The summed E-state index contributed by atoms with van der Waals surface area (Å²) in [5.74, 6) is 0. The highest BCUT2D eigenvalue weighted by Crippen LogP contribution is 2.42. The summed E-state index contributed by atoms with van der Waals surface area (Å²) in [7, 11) is 0. The van der Waals surface area contributed by atoms with Gasteiger partial charge in [0.1, 0.15) is 0 Å². The van der Waals surface area contributed by atoms with Crippen LogP contribution in [0.25, 0.3) is 0 Å². The molecule has 0 amide bonds. The average molecular weight is 294 g/mol. The van der Waals surface area contributed by atoms with Crippen LogP contribution in [0.5, 0.6) is 0 Å². The van der Waals surface area contributed by atoms with Crippen molar-refractivity contribution in [1.29, 1.82) is 0 Å². The summed E-state index contributed by atoms with van der Waals surface area (Å²) >= 11 is 0. The molecule has 1 aromatic heterocycles. The van der Waals surface area contributed by atoms with E-state index < -0.39 is 0 Å². The standard InChI is InChI=1S/C19H22N2O/c1-2-6-16(7-3-1)10-18-11-19(15-22-18)13-21(14-19)12-17-8-4-5-9-20-17/h1-9,18H,10-15H2. The first-order chi connectivity index (χ1) is 10.8. The molecule has 1 spiro atoms. The molecule has 1 aromatic carbocycles. The Morgan fingerprint density at radius 1 is 1.09 bits per heavy atom. The zero-order valence-corrected chi connectivity index (χ0v) is 12.8. The van der Waals surface area contributed by atoms with Crippen molar-refractivity contribution in [2.45, 2.75) is 25.5 Å². The molecule has 2 aliphatic rings. The predicted molar refractivity (Wildman–Crippen MR) is 86.5 cm³/mol. The van der Waals surface area contributed by atoms with Gasteiger partial charge in [0.15, 0.2) is 0 Å². The molecule has 0 radical (unpaired) electrons. The van der Waals surface area contributed by atoms with Gasteiger partial charge in [-0.1, -0.05) is 36.4 Å². The van der Waals surface area contributed by atoms with Gasteiger partial charge in [0, 0.05) is 31.2 Å². The maximum atomic E-state index is 6.07. The molecule has 2 aliphatic heterocycles. The van der Waals surface area contributed by atoms with Gasteiger partial charge in [-0.3, -0.25) is 9.88 Å². The van der Waals surface area contributed by atoms with Crippen molar-refractivity contribution in [3.8, 4) is 0 Å². The van der Waals surface area contributed by atoms with Gasteiger partial charge in [-0.25, -0.2) is 0 Å². The fourth-order valence-electron chi connectivity index (χ4n) is 3.86. The Bertz CT molecular complexity index is 608. The lowest BCUT2D eigenvalue weighted by molar-refractivity contribution is -0.0147. The highest BCUT2D eigenvalue weighted by atomic mass is 16.5. The highest BCUT2D eigenvalue weighted by molar-refractivity contribution is 5.16. The number of nitrogens with zero attached hydrogens (tertiary/aromatic N) is 2. The van der Waals surface area contributed by atoms with Gasteiger partial charge in [0.25, 0.3) is 0 Å². The van der Waals surface area contributed by atoms with Gasteiger partial charge >= 0.3 is 0 Å². The summed E-state index contributed by atoms with van der Waals surface area (Å²) in [6, 6.07) is 16.8. The molecule has 22 heavy (non-hydrogen) atoms. The molecular formula is C19H22N2O. The van der Waals surface area contributed by atoms with Crippen LogP contribution in [0.2, 0.25) is 0 Å². The van der Waals surface area contributed by atoms with E-state index in [1.165, 1.54) is 12.0 Å². The minimum absolute atomic E-state index is 0.388. The third kappa shape index (κ3) is 2.92. The van der Waals surface area contributed by atoms with Crippen molar-refractivity contribution in [2.75, 3.05) is 19.7 Å². The number of pyridine rings is 1. The number of hydrogen-bond acceptors (Lipinski definition) is 3. The van der Waals surface area contributed by atoms with Gasteiger partial charge < -0.3 is 4.74 Å². The molecule has 0 N–H and O–H groups in total. The Morgan fingerprint density at radius 2 is 1.91 bits per heavy atom. The normalized spacial score (nSPS) is 23.5. The molecule has 1 unspecified atom stereocenters. The van der Waals surface area contributed by atoms with Crippen LogP contribution in [-0.4, -0.2) is 35.7 Å². The number of ether oxygens (including phenoxy) is 1. The second kappa shape index (κ2) is 5.82. The third-order valence-electron chi connectivity index (χ3n) is 4.82. The molecule has 0 aliphatic carbocycles. The van der Waals surface area contributed by atoms with E-state index >= 15 is 0 Å². The lowest BCUT2D eigenvalue weighted by atomic mass is 9.77. The van der Waals surface area contributed by atoms with Gasteiger partial charge in [0.05, 0.1) is 18.4 Å². The number of aromatic nitrogens is 1. The minimum Gasteiger partial charge on any atom is -0.377 e. The maximum absolute atomic E-state index is 6.07. The Labute approximate surface area is 131 Å². The van der Waals surface area contributed by atoms with Gasteiger partial charge in [0.2, 0.25) is 0 Å². The first-order valence-electron chi connectivity index (χ1n) is 8.09. The zero-order valence-electron chi connectivity index (χ0n) is 12.8. The van der Waals surface area contributed by atoms with Crippen LogP contribution in [-0.2, 0) is 17.7 Å². The van der Waals surface area contributed by atoms with Gasteiger partial charge in [-0.05, 0) is 30.5 Å². The third-order valence-corrected chi connectivity index (χ3v) is 4.82. The lowest BCUT2D eigenvalue weighted by Crippen LogP contribution is -2.56. The van der Waals surface area contributed by atoms with Crippen molar-refractivity contribution in [3.05, 3.63) is 66.0 Å². The average Bonchev–Trinajstić information content (AvgIpc) is 2.93. The van der Waals surface area contributed by atoms with Crippen LogP contribution in [0.3, 0.4) is 0 Å². The molecule has 2 fully saturated rings. The number of rotatable bonds is 4. The fourth-order valence-corrected chi connectivity index (χ4v) is 3.86. The minimum atomic E-state index is 0.388. The van der Waals surface area contributed by atoms with E-state index in [9.17, 15) is 0 Å². The maximum Gasteiger partial charge on any atom is 0.0622 e. The fraction of sp³-hybridized carbons (Fsp3) is 0.421. The van der Waals surface area contributed by atoms with E-state index in [4.69, 9.17) is 4.74 Å². The molecule has 114 valence electrons. The largest absolute Gasteiger partial charge is 0.377 e. The van der Waals surface area contributed by atoms with Gasteiger partial charge in [-0.15, -0.1) is 0 Å². The topological polar surface area (TPSA) is 25.4 Å². The zero-order chi connectivity index (χ0) is 14.8. The summed E-state index contributed by atoms with van der Waals surface area (Å²) in [6.07, 6.45) is 4.50. The van der Waals surface area contributed by atoms with E-state index in [1.54, 1.807) is 0 Å². The summed E-state index contributed by atoms with van der Waals surface area (Å²) in [5.41, 5.74) is 2.94. The van der Waals surface area contributed by atoms with E-state index in [0.717, 1.165) is 38.4 Å². The molecule has 0 bridgehead atoms. The van der Waals surface area contributed by atoms with Crippen LogP contribution >= 0.6 is 0 Å². The number of likely N-dealkylation sites (tertiary alicyclic amines) is 1. The lowest BCUT2D eigenvalue weighted by Gasteiger charge is -2.47. The monoisotopic (exact) mass is 294 g/mol. The molecule has 2 aromatic rings. The summed E-state index contributed by atoms with van der Waals surface area (Å²) in [6.45, 7) is 4.18. The molecule has 1 atom stereocenters. The van der Waals surface area contributed by atoms with Crippen molar-refractivity contribution in [1.82, 2.24) is 9.88 Å². The summed E-state index contributed by atoms with van der Waals surface area (Å²) < 4.78 is 6.07. The van der Waals surface area contributed by atoms with Crippen molar-refractivity contribution < 1.29 is 4.74 Å². The Balaban J connectivity index is 1.29. The molecule has 0 saturated carbocycles. The second-order valence-electron chi connectivity index (χ2n) is 6.79. The van der Waals surface area contributed by atoms with E-state index in [0.29, 0.717) is 11.5 Å². The first-order valence-corrected chi connectivity index (χ1v) is 8.09. The molecular weight excluding hydrogens is 272 g/mol. The molecule has 3 heterocycles. The van der Waals surface area contributed by atoms with Gasteiger partial charge in [-0.2, -0.15) is 0 Å². The molecule has 4 rings (SSSR count). The summed E-state index contributed by atoms with van der Waals surface area (Å²) in [5, 5.41) is 0. The van der Waals surface area contributed by atoms with Crippen LogP contribution in [0.4, 0.5) is 0 Å². The first kappa shape index (κ1) is 13.9. The second-order valence-corrected chi connectivity index (χ2v) is 6.79. The summed E-state index contributed by atoms with van der Waals surface area (Å²) in [4.78, 5) is 6.90. The van der Waals surface area contributed by atoms with Crippen molar-refractivity contribution in [3.63, 3.8) is 0 Å². The van der Waals surface area contributed by atoms with Crippen LogP contribution in [0.15, 0.2) is 54.7 Å². The van der Waals surface area contributed by atoms with E-state index in [-0.39, 0.29) is 0 Å². The molecule has 3 heteroatoms. The molecule has 3 nitrogen and oxygen atoms in total. The number of benzene rings is 1.